The number of amides is 1. The molecule has 2 saturated heterocycles. The number of aromatic nitrogens is 2. The first-order valence-electron chi connectivity index (χ1n) is 18.2. The predicted molar refractivity (Wildman–Crippen MR) is 199 cm³/mol. The van der Waals surface area contributed by atoms with Gasteiger partial charge in [-0.3, -0.25) is 9.59 Å². The van der Waals surface area contributed by atoms with Gasteiger partial charge in [0.25, 0.3) is 0 Å². The zero-order valence-corrected chi connectivity index (χ0v) is 31.4. The number of carbonyl (C=O) groups is 2. The summed E-state index contributed by atoms with van der Waals surface area (Å²) in [5, 5.41) is 12.8. The molecule has 1 amide bonds. The van der Waals surface area contributed by atoms with E-state index in [9.17, 15) is 14.0 Å². The molecule has 53 heavy (non-hydrogen) atoms. The summed E-state index contributed by atoms with van der Waals surface area (Å²) in [7, 11) is 4.73. The van der Waals surface area contributed by atoms with E-state index in [1.807, 2.05) is 41.3 Å². The van der Waals surface area contributed by atoms with E-state index in [2.05, 4.69) is 14.8 Å². The van der Waals surface area contributed by atoms with E-state index >= 15 is 0 Å². The van der Waals surface area contributed by atoms with E-state index in [-0.39, 0.29) is 44.5 Å². The molecule has 6 rings (SSSR count). The Hall–Kier alpha value is -4.24. The van der Waals surface area contributed by atoms with Gasteiger partial charge in [0.1, 0.15) is 5.82 Å². The van der Waals surface area contributed by atoms with Gasteiger partial charge in [0, 0.05) is 45.2 Å². The summed E-state index contributed by atoms with van der Waals surface area (Å²) in [6, 6.07) is 18.5. The fourth-order valence-corrected chi connectivity index (χ4v) is 7.89. The number of anilines is 1. The molecule has 1 atom stereocenters. The molecule has 280 valence electrons. The summed E-state index contributed by atoms with van der Waals surface area (Å²) >= 11 is 0. The third kappa shape index (κ3) is 9.47. The molecule has 0 saturated carbocycles. The molecule has 2 fully saturated rings. The van der Waals surface area contributed by atoms with Gasteiger partial charge in [0.2, 0.25) is 17.6 Å². The number of carbonyl (C=O) groups excluding carboxylic acids is 1. The standard InChI is InChI=1S/C40H50FN5O6.Li.H/c1-50-34-24-29(25-35(51-2)37(34)52-3)27-45-23-18-40(38(45)49,26-28-11-13-30(41)14-12-28)17-7-19-44-21-15-31(16-22-44)42-39-43-32-8-4-5-9-33(32)46(39)20-6-10-36(47)48;;/h4-5,8-9,11-14,24-25,31H,6-7,10,15-23,26-27H2,1-3H3,(H,42,43)(H,47,48);;/q;+1;-1. The van der Waals surface area contributed by atoms with Gasteiger partial charge in [-0.25, -0.2) is 9.37 Å². The van der Waals surface area contributed by atoms with E-state index in [1.165, 1.54) is 12.1 Å². The minimum Gasteiger partial charge on any atom is -1.00 e. The molecule has 0 radical (unpaired) electrons. The van der Waals surface area contributed by atoms with Gasteiger partial charge in [0.05, 0.1) is 37.8 Å². The van der Waals surface area contributed by atoms with Crippen LogP contribution in [-0.4, -0.2) is 89.9 Å². The molecule has 0 bridgehead atoms. The van der Waals surface area contributed by atoms with Crippen LogP contribution in [0.4, 0.5) is 10.3 Å². The van der Waals surface area contributed by atoms with Gasteiger partial charge in [-0.1, -0.05) is 24.3 Å². The molecule has 1 aromatic heterocycles. The van der Waals surface area contributed by atoms with Crippen molar-refractivity contribution in [2.75, 3.05) is 52.8 Å². The number of rotatable bonds is 17. The number of nitrogens with one attached hydrogen (secondary N) is 1. The van der Waals surface area contributed by atoms with E-state index in [0.29, 0.717) is 49.7 Å². The van der Waals surface area contributed by atoms with Crippen molar-refractivity contribution >= 4 is 28.9 Å². The molecular formula is C40H51FLiN5O6. The average molecular weight is 724 g/mol. The van der Waals surface area contributed by atoms with Crippen LogP contribution in [-0.2, 0) is 29.1 Å². The number of para-hydroxylation sites is 2. The Morgan fingerprint density at radius 1 is 0.962 bits per heavy atom. The van der Waals surface area contributed by atoms with Gasteiger partial charge in [-0.2, -0.15) is 0 Å². The van der Waals surface area contributed by atoms with Crippen LogP contribution in [0, 0.1) is 11.2 Å². The Morgan fingerprint density at radius 3 is 2.32 bits per heavy atom. The fraction of sp³-hybridized carbons (Fsp3) is 0.475. The van der Waals surface area contributed by atoms with Gasteiger partial charge in [0.15, 0.2) is 11.5 Å². The molecule has 3 heterocycles. The maximum Gasteiger partial charge on any atom is 1.00 e. The molecule has 3 aromatic carbocycles. The zero-order valence-electron chi connectivity index (χ0n) is 32.4. The number of nitrogens with zero attached hydrogens (tertiary/aromatic N) is 4. The van der Waals surface area contributed by atoms with Crippen LogP contribution >= 0.6 is 0 Å². The Bertz CT molecular complexity index is 1830. The van der Waals surface area contributed by atoms with Crippen molar-refractivity contribution in [1.29, 1.82) is 0 Å². The number of hydrogen-bond donors (Lipinski definition) is 2. The monoisotopic (exact) mass is 723 g/mol. The first kappa shape index (κ1) is 40.0. The van der Waals surface area contributed by atoms with Crippen molar-refractivity contribution < 1.29 is 53.6 Å². The van der Waals surface area contributed by atoms with E-state index in [0.717, 1.165) is 79.8 Å². The van der Waals surface area contributed by atoms with Crippen molar-refractivity contribution in [3.8, 4) is 17.2 Å². The molecule has 1 unspecified atom stereocenters. The Balaban J connectivity index is 0.00000325. The summed E-state index contributed by atoms with van der Waals surface area (Å²) in [4.78, 5) is 34.7. The summed E-state index contributed by atoms with van der Waals surface area (Å²) in [6.45, 7) is 4.41. The van der Waals surface area contributed by atoms with Crippen LogP contribution in [0.1, 0.15) is 57.5 Å². The SMILES string of the molecule is COc1cc(CN2CCC(CCCN3CCC(Nc4nc5ccccc5n4CCCC(=O)O)CC3)(Cc3ccc(F)cc3)C2=O)cc(OC)c1OC.[H-].[Li+]. The smallest absolute Gasteiger partial charge is 1.00 e. The van der Waals surface area contributed by atoms with Crippen molar-refractivity contribution in [2.45, 2.75) is 70.5 Å². The maximum atomic E-state index is 14.3. The Labute approximate surface area is 324 Å². The number of hydrogen-bond acceptors (Lipinski definition) is 8. The molecule has 2 N–H and O–H groups in total. The fourth-order valence-electron chi connectivity index (χ4n) is 7.89. The maximum absolute atomic E-state index is 14.3. The van der Waals surface area contributed by atoms with Crippen LogP contribution in [0.15, 0.2) is 60.7 Å². The van der Waals surface area contributed by atoms with E-state index < -0.39 is 11.4 Å². The normalized spacial score (nSPS) is 17.9. The number of benzene rings is 3. The molecule has 13 heteroatoms. The second-order valence-corrected chi connectivity index (χ2v) is 14.0. The Morgan fingerprint density at radius 2 is 1.66 bits per heavy atom. The second-order valence-electron chi connectivity index (χ2n) is 14.0. The number of aliphatic carboxylic acids is 1. The molecule has 4 aromatic rings. The van der Waals surface area contributed by atoms with Crippen LogP contribution in [0.3, 0.4) is 0 Å². The minimum atomic E-state index is -0.794. The third-order valence-corrected chi connectivity index (χ3v) is 10.6. The largest absolute Gasteiger partial charge is 1.00 e. The van der Waals surface area contributed by atoms with Crippen LogP contribution < -0.4 is 38.4 Å². The average Bonchev–Trinajstić information content (AvgIpc) is 3.64. The van der Waals surface area contributed by atoms with Crippen LogP contribution in [0.2, 0.25) is 0 Å². The summed E-state index contributed by atoms with van der Waals surface area (Å²) in [5.74, 6) is 1.46. The van der Waals surface area contributed by atoms with Crippen molar-refractivity contribution in [1.82, 2.24) is 19.4 Å². The van der Waals surface area contributed by atoms with Gasteiger partial charge >= 0.3 is 24.8 Å². The predicted octanol–water partition coefficient (Wildman–Crippen LogP) is 3.50. The number of methoxy groups -OCH3 is 3. The molecular weight excluding hydrogens is 672 g/mol. The number of likely N-dealkylation sites (tertiary alicyclic amines) is 2. The molecule has 2 aliphatic heterocycles. The number of halogens is 1. The number of carboxylic acid groups (broad SMARTS) is 1. The van der Waals surface area contributed by atoms with Crippen LogP contribution in [0.25, 0.3) is 11.0 Å². The molecule has 11 nitrogen and oxygen atoms in total. The third-order valence-electron chi connectivity index (χ3n) is 10.6. The first-order chi connectivity index (χ1) is 25.2. The first-order valence-corrected chi connectivity index (χ1v) is 18.2. The zero-order chi connectivity index (χ0) is 36.7. The van der Waals surface area contributed by atoms with Crippen LogP contribution in [0.5, 0.6) is 17.2 Å². The van der Waals surface area contributed by atoms with Gasteiger partial charge < -0.3 is 40.4 Å². The number of fused-ring (bicyclic) bond motifs is 1. The molecule has 2 aliphatic rings. The minimum absolute atomic E-state index is 0. The Kier molecular flexibility index (Phi) is 13.7. The second kappa shape index (κ2) is 18.2. The number of piperidine rings is 1. The van der Waals surface area contributed by atoms with Crippen molar-refractivity contribution in [3.63, 3.8) is 0 Å². The van der Waals surface area contributed by atoms with Gasteiger partial charge in [-0.15, -0.1) is 0 Å². The quantitative estimate of drug-likeness (QED) is 0.158. The number of aryl methyl sites for hydroxylation is 1. The topological polar surface area (TPSA) is 118 Å². The van der Waals surface area contributed by atoms with E-state index in [1.54, 1.807) is 33.5 Å². The number of imidazole rings is 1. The molecule has 0 spiro atoms. The summed E-state index contributed by atoms with van der Waals surface area (Å²) < 4.78 is 32.5. The molecule has 0 aliphatic carbocycles. The van der Waals surface area contributed by atoms with Crippen molar-refractivity contribution in [2.24, 2.45) is 5.41 Å². The summed E-state index contributed by atoms with van der Waals surface area (Å²) in [5.41, 5.74) is 3.19. The number of carboxylic acids is 1. The van der Waals surface area contributed by atoms with Crippen molar-refractivity contribution in [3.05, 3.63) is 77.6 Å². The van der Waals surface area contributed by atoms with Gasteiger partial charge in [-0.05, 0) is 99.0 Å². The van der Waals surface area contributed by atoms with E-state index in [4.69, 9.17) is 24.3 Å². The number of ether oxygens (including phenoxy) is 3. The summed E-state index contributed by atoms with van der Waals surface area (Å²) in [6.07, 6.45) is 5.49.